The van der Waals surface area contributed by atoms with Gasteiger partial charge in [0.1, 0.15) is 10.4 Å². The van der Waals surface area contributed by atoms with Crippen LogP contribution < -0.4 is 14.6 Å². The summed E-state index contributed by atoms with van der Waals surface area (Å²) < 4.78 is 11.0. The zero-order valence-electron chi connectivity index (χ0n) is 15.8. The van der Waals surface area contributed by atoms with E-state index in [0.717, 1.165) is 16.7 Å². The number of carboxylic acid groups (broad SMARTS) is 1. The van der Waals surface area contributed by atoms with Gasteiger partial charge in [-0.25, -0.2) is 0 Å². The average molecular weight is 429 g/mol. The predicted molar refractivity (Wildman–Crippen MR) is 113 cm³/mol. The molecule has 2 aromatic rings. The van der Waals surface area contributed by atoms with E-state index < -0.39 is 17.9 Å². The van der Waals surface area contributed by atoms with Crippen LogP contribution in [0.3, 0.4) is 0 Å². The van der Waals surface area contributed by atoms with Gasteiger partial charge in [0.15, 0.2) is 11.5 Å². The van der Waals surface area contributed by atoms with Crippen molar-refractivity contribution < 1.29 is 24.2 Å². The quantitative estimate of drug-likeness (QED) is 0.496. The van der Waals surface area contributed by atoms with Gasteiger partial charge in [-0.05, 0) is 36.3 Å². The van der Waals surface area contributed by atoms with E-state index in [1.165, 1.54) is 7.11 Å². The van der Waals surface area contributed by atoms with Gasteiger partial charge in [0.05, 0.1) is 24.6 Å². The highest BCUT2D eigenvalue weighted by atomic mass is 32.2. The number of ether oxygens (including phenoxy) is 2. The van der Waals surface area contributed by atoms with Gasteiger partial charge >= 0.3 is 0 Å². The van der Waals surface area contributed by atoms with Crippen molar-refractivity contribution in [2.24, 2.45) is 0 Å². The fourth-order valence-corrected chi connectivity index (χ4v) is 4.24. The summed E-state index contributed by atoms with van der Waals surface area (Å²) in [4.78, 5) is 26.2. The van der Waals surface area contributed by atoms with E-state index >= 15 is 0 Å². The molecule has 1 atom stereocenters. The van der Waals surface area contributed by atoms with E-state index in [0.29, 0.717) is 34.1 Å². The van der Waals surface area contributed by atoms with Crippen molar-refractivity contribution in [2.45, 2.75) is 13.0 Å². The minimum Gasteiger partial charge on any atom is -0.547 e. The lowest BCUT2D eigenvalue weighted by molar-refractivity contribution is -0.310. The number of amides is 1. The average Bonchev–Trinajstić information content (AvgIpc) is 2.98. The van der Waals surface area contributed by atoms with Crippen molar-refractivity contribution in [3.63, 3.8) is 0 Å². The maximum Gasteiger partial charge on any atom is 0.267 e. The standard InChI is InChI=1S/C21H19NO5S2/c1-3-27-15-10-9-13(11-16(15)26-2)12-17-19(23)22(21(28)29-17)18(20(24)25)14-7-5-4-6-8-14/h4-12,18H,3H2,1-2H3,(H,24,25)/p-1/b17-12+/t18-/m0/s1. The third-order valence-corrected chi connectivity index (χ3v) is 5.54. The van der Waals surface area contributed by atoms with Crippen molar-refractivity contribution in [1.82, 2.24) is 4.90 Å². The molecule has 1 aliphatic heterocycles. The molecule has 1 amide bonds. The SMILES string of the molecule is CCOc1ccc(/C=C2/SC(=S)N([C@H](C(=O)[O-])c3ccccc3)C2=O)cc1OC. The molecule has 0 radical (unpaired) electrons. The molecule has 3 rings (SSSR count). The zero-order chi connectivity index (χ0) is 21.0. The topological polar surface area (TPSA) is 78.9 Å². The molecule has 1 heterocycles. The number of carbonyl (C=O) groups is 2. The minimum absolute atomic E-state index is 0.164. The van der Waals surface area contributed by atoms with Crippen molar-refractivity contribution in [3.05, 3.63) is 64.6 Å². The van der Waals surface area contributed by atoms with Crippen LogP contribution in [0.15, 0.2) is 53.4 Å². The number of methoxy groups -OCH3 is 1. The highest BCUT2D eigenvalue weighted by molar-refractivity contribution is 8.26. The van der Waals surface area contributed by atoms with E-state index in [2.05, 4.69) is 0 Å². The summed E-state index contributed by atoms with van der Waals surface area (Å²) in [5.41, 5.74) is 1.13. The van der Waals surface area contributed by atoms with Gasteiger partial charge in [-0.3, -0.25) is 9.69 Å². The summed E-state index contributed by atoms with van der Waals surface area (Å²) in [5, 5.41) is 11.8. The largest absolute Gasteiger partial charge is 0.547 e. The lowest BCUT2D eigenvalue weighted by Gasteiger charge is -2.27. The third kappa shape index (κ3) is 4.44. The maximum absolute atomic E-state index is 13.0. The molecule has 1 saturated heterocycles. The smallest absolute Gasteiger partial charge is 0.267 e. The molecule has 0 aliphatic carbocycles. The second kappa shape index (κ2) is 9.11. The van der Waals surface area contributed by atoms with Crippen molar-refractivity contribution in [1.29, 1.82) is 0 Å². The van der Waals surface area contributed by atoms with Gasteiger partial charge in [0.2, 0.25) is 0 Å². The van der Waals surface area contributed by atoms with Crippen LogP contribution in [0.2, 0.25) is 0 Å². The van der Waals surface area contributed by atoms with Crippen LogP contribution in [0.1, 0.15) is 24.1 Å². The first-order chi connectivity index (χ1) is 14.0. The fraction of sp³-hybridized carbons (Fsp3) is 0.190. The Labute approximate surface area is 178 Å². The molecular formula is C21H18NO5S2-. The highest BCUT2D eigenvalue weighted by Crippen LogP contribution is 2.39. The molecule has 0 N–H and O–H groups in total. The number of carbonyl (C=O) groups excluding carboxylic acids is 2. The minimum atomic E-state index is -1.39. The summed E-state index contributed by atoms with van der Waals surface area (Å²) >= 11 is 6.35. The second-order valence-electron chi connectivity index (χ2n) is 6.03. The Morgan fingerprint density at radius 1 is 1.24 bits per heavy atom. The lowest BCUT2D eigenvalue weighted by Crippen LogP contribution is -2.43. The molecule has 0 bridgehead atoms. The normalized spacial score (nSPS) is 16.2. The van der Waals surface area contributed by atoms with Crippen LogP contribution in [-0.4, -0.2) is 34.8 Å². The van der Waals surface area contributed by atoms with Crippen LogP contribution >= 0.6 is 24.0 Å². The molecular weight excluding hydrogens is 410 g/mol. The van der Waals surface area contributed by atoms with Crippen molar-refractivity contribution in [3.8, 4) is 11.5 Å². The van der Waals surface area contributed by atoms with E-state index in [9.17, 15) is 14.7 Å². The number of aliphatic carboxylic acids is 1. The van der Waals surface area contributed by atoms with Gasteiger partial charge in [-0.2, -0.15) is 0 Å². The van der Waals surface area contributed by atoms with E-state index in [4.69, 9.17) is 21.7 Å². The first kappa shape index (κ1) is 20.9. The third-order valence-electron chi connectivity index (χ3n) is 4.21. The monoisotopic (exact) mass is 428 g/mol. The van der Waals surface area contributed by atoms with E-state index in [-0.39, 0.29) is 4.32 Å². The van der Waals surface area contributed by atoms with Gasteiger partial charge in [-0.15, -0.1) is 0 Å². The Kier molecular flexibility index (Phi) is 6.56. The molecule has 0 spiro atoms. The molecule has 8 heteroatoms. The van der Waals surface area contributed by atoms with Crippen molar-refractivity contribution >= 4 is 46.3 Å². The van der Waals surface area contributed by atoms with Crippen LogP contribution in [0, 0.1) is 0 Å². The summed E-state index contributed by atoms with van der Waals surface area (Å²) in [5.74, 6) is -0.740. The number of nitrogens with zero attached hydrogens (tertiary/aromatic N) is 1. The zero-order valence-corrected chi connectivity index (χ0v) is 17.4. The van der Waals surface area contributed by atoms with Crippen LogP contribution in [-0.2, 0) is 9.59 Å². The van der Waals surface area contributed by atoms with Crippen LogP contribution in [0.25, 0.3) is 6.08 Å². The van der Waals surface area contributed by atoms with Gasteiger partial charge < -0.3 is 19.4 Å². The first-order valence-electron chi connectivity index (χ1n) is 8.80. The van der Waals surface area contributed by atoms with Crippen molar-refractivity contribution in [2.75, 3.05) is 13.7 Å². The fourth-order valence-electron chi connectivity index (χ4n) is 2.93. The number of carboxylic acids is 1. The Balaban J connectivity index is 1.93. The number of hydrogen-bond donors (Lipinski definition) is 0. The maximum atomic E-state index is 13.0. The van der Waals surface area contributed by atoms with Gasteiger partial charge in [0, 0.05) is 0 Å². The molecule has 1 aliphatic rings. The number of benzene rings is 2. The second-order valence-corrected chi connectivity index (χ2v) is 7.70. The molecule has 0 saturated carbocycles. The Bertz CT molecular complexity index is 974. The molecule has 0 unspecified atom stereocenters. The molecule has 150 valence electrons. The summed E-state index contributed by atoms with van der Waals surface area (Å²) in [6, 6.07) is 12.4. The molecule has 1 fully saturated rings. The summed E-state index contributed by atoms with van der Waals surface area (Å²) in [7, 11) is 1.53. The molecule has 2 aromatic carbocycles. The number of rotatable bonds is 7. The Morgan fingerprint density at radius 3 is 2.59 bits per heavy atom. The van der Waals surface area contributed by atoms with Crippen LogP contribution in [0.5, 0.6) is 11.5 Å². The number of thiocarbonyl (C=S) groups is 1. The Morgan fingerprint density at radius 2 is 1.97 bits per heavy atom. The highest BCUT2D eigenvalue weighted by Gasteiger charge is 2.38. The van der Waals surface area contributed by atoms with E-state index in [1.807, 2.05) is 6.92 Å². The number of thioether (sulfide) groups is 1. The predicted octanol–water partition coefficient (Wildman–Crippen LogP) is 2.79. The Hall–Kier alpha value is -2.84. The van der Waals surface area contributed by atoms with Crippen LogP contribution in [0.4, 0.5) is 0 Å². The summed E-state index contributed by atoms with van der Waals surface area (Å²) in [6.07, 6.45) is 1.65. The van der Waals surface area contributed by atoms with Gasteiger partial charge in [0.25, 0.3) is 5.91 Å². The molecule has 6 nitrogen and oxygen atoms in total. The number of hydrogen-bond acceptors (Lipinski definition) is 7. The summed E-state index contributed by atoms with van der Waals surface area (Å²) in [6.45, 7) is 2.37. The van der Waals surface area contributed by atoms with Gasteiger partial charge in [-0.1, -0.05) is 60.4 Å². The first-order valence-corrected chi connectivity index (χ1v) is 10.0. The molecule has 0 aromatic heterocycles. The molecule has 29 heavy (non-hydrogen) atoms. The van der Waals surface area contributed by atoms with E-state index in [1.54, 1.807) is 54.6 Å². The lowest BCUT2D eigenvalue weighted by atomic mass is 10.1.